The molecule has 0 heterocycles. The monoisotopic (exact) mass is 278 g/mol. The van der Waals surface area contributed by atoms with Gasteiger partial charge >= 0.3 is 5.69 Å². The topological polar surface area (TPSA) is 92.5 Å². The minimum atomic E-state index is -0.704. The standard InChI is InChI=1S/C14H18N2O4/c1-9-5-6-10(7-9)8-15-14(18)11-3-2-4-12(13(11)17)16(19)20/h2-4,9-10,17H,5-8H2,1H3,(H,15,18). The van der Waals surface area contributed by atoms with E-state index in [1.807, 2.05) is 0 Å². The van der Waals surface area contributed by atoms with Crippen LogP contribution in [0.25, 0.3) is 0 Å². The van der Waals surface area contributed by atoms with Crippen molar-refractivity contribution in [2.75, 3.05) is 6.54 Å². The summed E-state index contributed by atoms with van der Waals surface area (Å²) in [5, 5.41) is 23.2. The van der Waals surface area contributed by atoms with E-state index in [9.17, 15) is 20.0 Å². The van der Waals surface area contributed by atoms with Crippen LogP contribution in [0.1, 0.15) is 36.5 Å². The predicted molar refractivity (Wildman–Crippen MR) is 73.6 cm³/mol. The van der Waals surface area contributed by atoms with Gasteiger partial charge in [0.2, 0.25) is 5.75 Å². The van der Waals surface area contributed by atoms with Crippen molar-refractivity contribution in [2.24, 2.45) is 11.8 Å². The summed E-state index contributed by atoms with van der Waals surface area (Å²) >= 11 is 0. The van der Waals surface area contributed by atoms with E-state index in [4.69, 9.17) is 0 Å². The molecule has 1 aromatic carbocycles. The number of aromatic hydroxyl groups is 1. The van der Waals surface area contributed by atoms with Crippen molar-refractivity contribution in [3.8, 4) is 5.75 Å². The van der Waals surface area contributed by atoms with Gasteiger partial charge in [0, 0.05) is 12.6 Å². The fourth-order valence-corrected chi connectivity index (χ4v) is 2.70. The number of hydrogen-bond acceptors (Lipinski definition) is 4. The van der Waals surface area contributed by atoms with E-state index >= 15 is 0 Å². The third-order valence-electron chi connectivity index (χ3n) is 3.81. The lowest BCUT2D eigenvalue weighted by Crippen LogP contribution is -2.28. The van der Waals surface area contributed by atoms with Gasteiger partial charge in [-0.25, -0.2) is 0 Å². The Bertz CT molecular complexity index is 530. The van der Waals surface area contributed by atoms with E-state index in [1.165, 1.54) is 24.6 Å². The Kier molecular flexibility index (Phi) is 4.22. The third kappa shape index (κ3) is 3.07. The zero-order chi connectivity index (χ0) is 14.7. The Morgan fingerprint density at radius 2 is 2.25 bits per heavy atom. The molecule has 1 aromatic rings. The molecular weight excluding hydrogens is 260 g/mol. The number of phenolic OH excluding ortho intramolecular Hbond substituents is 1. The van der Waals surface area contributed by atoms with Gasteiger partial charge in [-0.15, -0.1) is 0 Å². The SMILES string of the molecule is CC1CCC(CNC(=O)c2cccc([N+](=O)[O-])c2O)C1. The van der Waals surface area contributed by atoms with Crippen LogP contribution in [-0.2, 0) is 0 Å². The number of phenols is 1. The smallest absolute Gasteiger partial charge is 0.311 e. The molecule has 1 amide bonds. The number of para-hydroxylation sites is 1. The second-order valence-electron chi connectivity index (χ2n) is 5.42. The molecule has 2 rings (SSSR count). The number of nitrogens with one attached hydrogen (secondary N) is 1. The number of benzene rings is 1. The Hall–Kier alpha value is -2.11. The zero-order valence-corrected chi connectivity index (χ0v) is 11.3. The fraction of sp³-hybridized carbons (Fsp3) is 0.500. The first-order valence-electron chi connectivity index (χ1n) is 6.73. The van der Waals surface area contributed by atoms with E-state index in [1.54, 1.807) is 0 Å². The molecule has 1 aliphatic carbocycles. The molecule has 0 bridgehead atoms. The van der Waals surface area contributed by atoms with Crippen molar-refractivity contribution in [1.82, 2.24) is 5.32 Å². The van der Waals surface area contributed by atoms with Crippen molar-refractivity contribution in [1.29, 1.82) is 0 Å². The summed E-state index contributed by atoms with van der Waals surface area (Å²) < 4.78 is 0. The van der Waals surface area contributed by atoms with Gasteiger partial charge < -0.3 is 10.4 Å². The number of carbonyl (C=O) groups is 1. The molecule has 6 heteroatoms. The zero-order valence-electron chi connectivity index (χ0n) is 11.3. The highest BCUT2D eigenvalue weighted by Gasteiger charge is 2.24. The fourth-order valence-electron chi connectivity index (χ4n) is 2.70. The van der Waals surface area contributed by atoms with Crippen LogP contribution >= 0.6 is 0 Å². The molecule has 1 saturated carbocycles. The van der Waals surface area contributed by atoms with Crippen molar-refractivity contribution in [3.05, 3.63) is 33.9 Å². The lowest BCUT2D eigenvalue weighted by atomic mass is 10.1. The summed E-state index contributed by atoms with van der Waals surface area (Å²) in [5.74, 6) is 0.0958. The number of amides is 1. The first kappa shape index (κ1) is 14.3. The third-order valence-corrected chi connectivity index (χ3v) is 3.81. The highest BCUT2D eigenvalue weighted by Crippen LogP contribution is 2.31. The normalized spacial score (nSPS) is 21.6. The maximum Gasteiger partial charge on any atom is 0.311 e. The number of rotatable bonds is 4. The van der Waals surface area contributed by atoms with Crippen LogP contribution in [0.3, 0.4) is 0 Å². The van der Waals surface area contributed by atoms with Crippen LogP contribution in [0, 0.1) is 22.0 Å². The van der Waals surface area contributed by atoms with Crippen molar-refractivity contribution < 1.29 is 14.8 Å². The van der Waals surface area contributed by atoms with Gasteiger partial charge in [0.1, 0.15) is 0 Å². The summed E-state index contributed by atoms with van der Waals surface area (Å²) in [5.41, 5.74) is -0.502. The van der Waals surface area contributed by atoms with Gasteiger partial charge in [0.25, 0.3) is 5.91 Å². The Morgan fingerprint density at radius 1 is 1.50 bits per heavy atom. The van der Waals surface area contributed by atoms with Gasteiger partial charge in [-0.05, 0) is 30.7 Å². The Morgan fingerprint density at radius 3 is 2.85 bits per heavy atom. The van der Waals surface area contributed by atoms with E-state index in [2.05, 4.69) is 12.2 Å². The average Bonchev–Trinajstić information content (AvgIpc) is 2.81. The van der Waals surface area contributed by atoms with E-state index in [0.717, 1.165) is 12.8 Å². The molecule has 2 atom stereocenters. The van der Waals surface area contributed by atoms with Gasteiger partial charge in [0.15, 0.2) is 0 Å². The van der Waals surface area contributed by atoms with Gasteiger partial charge in [-0.3, -0.25) is 14.9 Å². The number of carbonyl (C=O) groups excluding carboxylic acids is 1. The predicted octanol–water partition coefficient (Wildman–Crippen LogP) is 2.47. The van der Waals surface area contributed by atoms with Crippen LogP contribution in [0.4, 0.5) is 5.69 Å². The quantitative estimate of drug-likeness (QED) is 0.653. The summed E-state index contributed by atoms with van der Waals surface area (Å²) in [6.45, 7) is 2.74. The highest BCUT2D eigenvalue weighted by molar-refractivity contribution is 5.98. The molecular formula is C14H18N2O4. The van der Waals surface area contributed by atoms with E-state index in [-0.39, 0.29) is 5.56 Å². The van der Waals surface area contributed by atoms with Crippen LogP contribution in [-0.4, -0.2) is 22.5 Å². The Balaban J connectivity index is 2.02. The molecule has 108 valence electrons. The molecule has 2 N–H and O–H groups in total. The molecule has 1 aliphatic rings. The molecule has 0 aliphatic heterocycles. The van der Waals surface area contributed by atoms with Crippen LogP contribution in [0.2, 0.25) is 0 Å². The highest BCUT2D eigenvalue weighted by atomic mass is 16.6. The second-order valence-corrected chi connectivity index (χ2v) is 5.42. The summed E-state index contributed by atoms with van der Waals surface area (Å²) in [4.78, 5) is 22.0. The molecule has 1 fully saturated rings. The molecule has 0 saturated heterocycles. The van der Waals surface area contributed by atoms with Gasteiger partial charge in [-0.1, -0.05) is 19.4 Å². The maximum absolute atomic E-state index is 12.0. The van der Waals surface area contributed by atoms with Crippen LogP contribution in [0.15, 0.2) is 18.2 Å². The number of nitrogens with zero attached hydrogens (tertiary/aromatic N) is 1. The lowest BCUT2D eigenvalue weighted by Gasteiger charge is -2.11. The van der Waals surface area contributed by atoms with Crippen molar-refractivity contribution in [3.63, 3.8) is 0 Å². The molecule has 0 radical (unpaired) electrons. The first-order valence-corrected chi connectivity index (χ1v) is 6.73. The summed E-state index contributed by atoms with van der Waals surface area (Å²) in [6.07, 6.45) is 3.34. The summed E-state index contributed by atoms with van der Waals surface area (Å²) in [6, 6.07) is 3.95. The number of nitro groups is 1. The van der Waals surface area contributed by atoms with Gasteiger partial charge in [0.05, 0.1) is 10.5 Å². The average molecular weight is 278 g/mol. The lowest BCUT2D eigenvalue weighted by molar-refractivity contribution is -0.385. The molecule has 2 unspecified atom stereocenters. The van der Waals surface area contributed by atoms with Crippen molar-refractivity contribution in [2.45, 2.75) is 26.2 Å². The molecule has 0 spiro atoms. The maximum atomic E-state index is 12.0. The molecule has 0 aromatic heterocycles. The largest absolute Gasteiger partial charge is 0.502 e. The second kappa shape index (κ2) is 5.90. The van der Waals surface area contributed by atoms with Crippen LogP contribution < -0.4 is 5.32 Å². The van der Waals surface area contributed by atoms with E-state index in [0.29, 0.717) is 18.4 Å². The van der Waals surface area contributed by atoms with Gasteiger partial charge in [-0.2, -0.15) is 0 Å². The minimum absolute atomic E-state index is 0.0507. The number of hydrogen-bond donors (Lipinski definition) is 2. The first-order chi connectivity index (χ1) is 9.49. The summed E-state index contributed by atoms with van der Waals surface area (Å²) in [7, 11) is 0. The Labute approximate surface area is 117 Å². The van der Waals surface area contributed by atoms with Crippen LogP contribution in [0.5, 0.6) is 5.75 Å². The number of nitro benzene ring substituents is 1. The van der Waals surface area contributed by atoms with E-state index < -0.39 is 22.3 Å². The minimum Gasteiger partial charge on any atom is -0.502 e. The molecule has 6 nitrogen and oxygen atoms in total. The van der Waals surface area contributed by atoms with Crippen molar-refractivity contribution >= 4 is 11.6 Å². The molecule has 20 heavy (non-hydrogen) atoms.